The summed E-state index contributed by atoms with van der Waals surface area (Å²) < 4.78 is 103. The molecule has 0 heterocycles. The predicted molar refractivity (Wildman–Crippen MR) is 71.3 cm³/mol. The van der Waals surface area contributed by atoms with Gasteiger partial charge in [-0.3, -0.25) is 0 Å². The van der Waals surface area contributed by atoms with Gasteiger partial charge in [-0.1, -0.05) is 19.1 Å². The largest absolute Gasteiger partial charge is 0.509 e. The molecule has 3 nitrogen and oxygen atoms in total. The summed E-state index contributed by atoms with van der Waals surface area (Å²) in [7, 11) is 0.562. The molecule has 0 aromatic carbocycles. The van der Waals surface area contributed by atoms with Crippen LogP contribution in [0.1, 0.15) is 26.2 Å². The Hall–Kier alpha value is -1.48. The Morgan fingerprint density at radius 2 is 1.76 bits per heavy atom. The van der Waals surface area contributed by atoms with Crippen LogP contribution in [0.5, 0.6) is 0 Å². The lowest BCUT2D eigenvalue weighted by Crippen LogP contribution is -2.63. The number of carbonyl (C=O) groups excluding carboxylic acids is 1. The third-order valence-corrected chi connectivity index (χ3v) is 5.39. The van der Waals surface area contributed by atoms with E-state index >= 15 is 4.39 Å². The van der Waals surface area contributed by atoms with Crippen molar-refractivity contribution < 1.29 is 45.0 Å². The first-order chi connectivity index (χ1) is 11.2. The lowest BCUT2D eigenvalue weighted by atomic mass is 9.72. The molecule has 2 aliphatic rings. The fourth-order valence-electron chi connectivity index (χ4n) is 3.97. The highest BCUT2D eigenvalue weighted by Crippen LogP contribution is 2.63. The van der Waals surface area contributed by atoms with E-state index in [1.54, 1.807) is 6.92 Å². The van der Waals surface area contributed by atoms with Crippen LogP contribution < -0.4 is 0 Å². The maximum absolute atomic E-state index is 15.2. The van der Waals surface area contributed by atoms with Crippen LogP contribution in [0, 0.1) is 17.8 Å². The molecule has 0 spiro atoms. The van der Waals surface area contributed by atoms with Gasteiger partial charge in [0, 0.05) is 12.3 Å². The molecule has 10 heteroatoms. The number of ether oxygens (including phenoxy) is 2. The first kappa shape index (κ1) is 19.8. The summed E-state index contributed by atoms with van der Waals surface area (Å²) >= 11 is 0. The van der Waals surface area contributed by atoms with Crippen LogP contribution in [0.25, 0.3) is 0 Å². The van der Waals surface area contributed by atoms with Crippen molar-refractivity contribution in [3.63, 3.8) is 0 Å². The minimum atomic E-state index is -6.08. The molecule has 2 bridgehead atoms. The molecule has 144 valence electrons. The molecule has 2 rings (SSSR count). The third kappa shape index (κ3) is 2.97. The number of allylic oxidation sites excluding steroid dienone is 1. The number of carbonyl (C=O) groups is 1. The van der Waals surface area contributed by atoms with Crippen LogP contribution in [-0.4, -0.2) is 36.9 Å². The minimum absolute atomic E-state index is 0.126. The highest BCUT2D eigenvalue weighted by atomic mass is 19.4. The third-order valence-electron chi connectivity index (χ3n) is 5.39. The second kappa shape index (κ2) is 5.77. The molecule has 25 heavy (non-hydrogen) atoms. The minimum Gasteiger partial charge on any atom is -0.438 e. The van der Waals surface area contributed by atoms with Gasteiger partial charge in [0.1, 0.15) is 5.67 Å². The first-order valence-corrected chi connectivity index (χ1v) is 7.46. The highest BCUT2D eigenvalue weighted by molar-refractivity contribution is 5.60. The molecule has 0 saturated heterocycles. The molecule has 0 aliphatic heterocycles. The Bertz CT molecular complexity index is 554. The van der Waals surface area contributed by atoms with E-state index in [1.807, 2.05) is 0 Å². The quantitative estimate of drug-likeness (QED) is 0.396. The number of hydrogen-bond donors (Lipinski definition) is 0. The molecular formula is C15H17F7O3. The average Bonchev–Trinajstić information content (AvgIpc) is 2.92. The van der Waals surface area contributed by atoms with E-state index in [2.05, 4.69) is 16.1 Å². The maximum Gasteiger partial charge on any atom is 0.509 e. The van der Waals surface area contributed by atoms with Gasteiger partial charge >= 0.3 is 24.1 Å². The van der Waals surface area contributed by atoms with Crippen LogP contribution in [0.15, 0.2) is 12.2 Å². The van der Waals surface area contributed by atoms with Gasteiger partial charge in [-0.2, -0.15) is 26.3 Å². The number of rotatable bonds is 3. The fraction of sp³-hybridized carbons (Fsp3) is 0.800. The van der Waals surface area contributed by atoms with Gasteiger partial charge in [-0.15, -0.1) is 0 Å². The summed E-state index contributed by atoms with van der Waals surface area (Å²) in [5, 5.41) is 0. The van der Waals surface area contributed by atoms with Crippen LogP contribution in [0.4, 0.5) is 35.5 Å². The Labute approximate surface area is 139 Å². The zero-order valence-electron chi connectivity index (χ0n) is 13.4. The van der Waals surface area contributed by atoms with Crippen molar-refractivity contribution in [2.75, 3.05) is 7.11 Å². The molecule has 2 aliphatic carbocycles. The summed E-state index contributed by atoms with van der Waals surface area (Å²) in [5.74, 6) is -1.71. The molecule has 0 radical (unpaired) electrons. The van der Waals surface area contributed by atoms with Crippen molar-refractivity contribution in [3.8, 4) is 0 Å². The molecule has 0 amide bonds. The van der Waals surface area contributed by atoms with Crippen LogP contribution >= 0.6 is 0 Å². The Balaban J connectivity index is 2.47. The number of fused-ring (bicyclic) bond motifs is 2. The van der Waals surface area contributed by atoms with Crippen molar-refractivity contribution in [1.82, 2.24) is 0 Å². The lowest BCUT2D eigenvalue weighted by Gasteiger charge is -2.42. The van der Waals surface area contributed by atoms with Crippen LogP contribution in [0.3, 0.4) is 0 Å². The van der Waals surface area contributed by atoms with Gasteiger partial charge < -0.3 is 9.47 Å². The van der Waals surface area contributed by atoms with Crippen molar-refractivity contribution in [1.29, 1.82) is 0 Å². The second-order valence-electron chi connectivity index (χ2n) is 6.71. The van der Waals surface area contributed by atoms with Crippen molar-refractivity contribution in [2.24, 2.45) is 17.8 Å². The number of halogens is 7. The Morgan fingerprint density at radius 1 is 1.24 bits per heavy atom. The smallest absolute Gasteiger partial charge is 0.438 e. The van der Waals surface area contributed by atoms with Crippen molar-refractivity contribution in [3.05, 3.63) is 12.2 Å². The zero-order chi connectivity index (χ0) is 19.4. The number of hydrogen-bond acceptors (Lipinski definition) is 3. The fourth-order valence-corrected chi connectivity index (χ4v) is 3.97. The summed E-state index contributed by atoms with van der Waals surface area (Å²) in [6.45, 7) is 5.32. The monoisotopic (exact) mass is 378 g/mol. The topological polar surface area (TPSA) is 35.5 Å². The molecule has 0 aromatic heterocycles. The first-order valence-electron chi connectivity index (χ1n) is 7.46. The lowest BCUT2D eigenvalue weighted by molar-refractivity contribution is -0.376. The molecule has 0 aromatic rings. The van der Waals surface area contributed by atoms with E-state index in [9.17, 15) is 31.1 Å². The van der Waals surface area contributed by atoms with E-state index in [4.69, 9.17) is 0 Å². The highest BCUT2D eigenvalue weighted by Gasteiger charge is 2.78. The molecule has 4 atom stereocenters. The summed E-state index contributed by atoms with van der Waals surface area (Å²) in [5.41, 5.74) is -7.53. The number of methoxy groups -OCH3 is 1. The molecule has 0 N–H and O–H groups in total. The van der Waals surface area contributed by atoms with E-state index in [0.717, 1.165) is 0 Å². The van der Waals surface area contributed by atoms with Crippen LogP contribution in [0.2, 0.25) is 0 Å². The van der Waals surface area contributed by atoms with Gasteiger partial charge in [0.2, 0.25) is 0 Å². The van der Waals surface area contributed by atoms with Crippen LogP contribution in [-0.2, 0) is 9.47 Å². The zero-order valence-corrected chi connectivity index (χ0v) is 13.4. The maximum atomic E-state index is 15.2. The van der Waals surface area contributed by atoms with Gasteiger partial charge in [0.15, 0.2) is 0 Å². The van der Waals surface area contributed by atoms with Crippen molar-refractivity contribution in [2.45, 2.75) is 49.8 Å². The van der Waals surface area contributed by atoms with Gasteiger partial charge in [-0.05, 0) is 24.7 Å². The van der Waals surface area contributed by atoms with E-state index in [-0.39, 0.29) is 23.8 Å². The van der Waals surface area contributed by atoms with E-state index in [0.29, 0.717) is 7.11 Å². The van der Waals surface area contributed by atoms with Gasteiger partial charge in [0.25, 0.3) is 0 Å². The van der Waals surface area contributed by atoms with Gasteiger partial charge in [-0.25, -0.2) is 9.18 Å². The van der Waals surface area contributed by atoms with E-state index in [1.165, 1.54) is 0 Å². The van der Waals surface area contributed by atoms with Gasteiger partial charge in [0.05, 0.1) is 7.11 Å². The Kier molecular flexibility index (Phi) is 4.58. The molecule has 2 fully saturated rings. The molecule has 4 unspecified atom stereocenters. The van der Waals surface area contributed by atoms with E-state index < -0.39 is 48.5 Å². The summed E-state index contributed by atoms with van der Waals surface area (Å²) in [6, 6.07) is 0. The summed E-state index contributed by atoms with van der Waals surface area (Å²) in [4.78, 5) is 11.1. The summed E-state index contributed by atoms with van der Waals surface area (Å²) in [6.07, 6.45) is -16.8. The Morgan fingerprint density at radius 3 is 2.12 bits per heavy atom. The standard InChI is InChI=1S/C15H17F7O3/c1-7-8(2)10-4-9(7)5-12(10,16)6-13(14(17,18)19,15(20,21)22)25-11(23)24-3/h7,9-10H,2,4-6H2,1,3H3. The number of alkyl halides is 7. The normalized spacial score (nSPS) is 32.8. The SMILES string of the molecule is C=C1C(C)C2CC1C(F)(CC(OC(=O)OC)(C(F)(F)F)C(F)(F)F)C2. The van der Waals surface area contributed by atoms with Crippen molar-refractivity contribution >= 4 is 6.16 Å². The predicted octanol–water partition coefficient (Wildman–Crippen LogP) is 4.96. The average molecular weight is 378 g/mol. The second-order valence-corrected chi connectivity index (χ2v) is 6.71. The molecule has 2 saturated carbocycles. The molecular weight excluding hydrogens is 361 g/mol.